The number of aryl methyl sites for hydroxylation is 3. The number of rotatable bonds is 7. The Morgan fingerprint density at radius 1 is 1.35 bits per heavy atom. The Labute approximate surface area is 117 Å². The third-order valence-electron chi connectivity index (χ3n) is 2.98. The molecule has 2 heterocycles. The lowest BCUT2D eigenvalue weighted by Gasteiger charge is -2.05. The van der Waals surface area contributed by atoms with Gasteiger partial charge in [-0.25, -0.2) is 4.68 Å². The van der Waals surface area contributed by atoms with E-state index in [2.05, 4.69) is 25.8 Å². The molecule has 0 aliphatic carbocycles. The van der Waals surface area contributed by atoms with E-state index in [0.29, 0.717) is 19.5 Å². The summed E-state index contributed by atoms with van der Waals surface area (Å²) in [4.78, 5) is 15.6. The minimum Gasteiger partial charge on any atom is -0.356 e. The van der Waals surface area contributed by atoms with Gasteiger partial charge in [0.2, 0.25) is 5.91 Å². The van der Waals surface area contributed by atoms with Crippen molar-refractivity contribution in [1.29, 1.82) is 0 Å². The van der Waals surface area contributed by atoms with E-state index in [1.54, 1.807) is 17.1 Å². The highest BCUT2D eigenvalue weighted by atomic mass is 16.1. The van der Waals surface area contributed by atoms with Gasteiger partial charge in [0.1, 0.15) is 5.82 Å². The predicted molar refractivity (Wildman–Crippen MR) is 72.7 cm³/mol. The van der Waals surface area contributed by atoms with Crippen LogP contribution >= 0.6 is 0 Å². The van der Waals surface area contributed by atoms with Crippen LogP contribution in [0.3, 0.4) is 0 Å². The first-order valence-electron chi connectivity index (χ1n) is 6.64. The molecule has 0 atom stereocenters. The molecule has 0 saturated carbocycles. The van der Waals surface area contributed by atoms with Gasteiger partial charge in [-0.2, -0.15) is 0 Å². The summed E-state index contributed by atoms with van der Waals surface area (Å²) in [6.45, 7) is 3.00. The van der Waals surface area contributed by atoms with E-state index in [4.69, 9.17) is 0 Å². The van der Waals surface area contributed by atoms with Crippen LogP contribution < -0.4 is 5.32 Å². The Bertz CT molecular complexity index is 539. The fourth-order valence-corrected chi connectivity index (χ4v) is 1.82. The minimum atomic E-state index is 0.0228. The molecule has 0 aromatic carbocycles. The van der Waals surface area contributed by atoms with E-state index in [1.165, 1.54) is 5.56 Å². The third kappa shape index (κ3) is 4.42. The van der Waals surface area contributed by atoms with E-state index >= 15 is 0 Å². The largest absolute Gasteiger partial charge is 0.356 e. The summed E-state index contributed by atoms with van der Waals surface area (Å²) in [7, 11) is 0. The topological polar surface area (TPSA) is 85.6 Å². The lowest BCUT2D eigenvalue weighted by molar-refractivity contribution is -0.121. The molecule has 7 nitrogen and oxygen atoms in total. The number of hydrogen-bond donors (Lipinski definition) is 1. The van der Waals surface area contributed by atoms with E-state index in [1.807, 2.05) is 19.1 Å². The summed E-state index contributed by atoms with van der Waals surface area (Å²) in [6.07, 6.45) is 5.81. The number of pyridine rings is 1. The number of nitrogens with zero attached hydrogens (tertiary/aromatic N) is 5. The first-order chi connectivity index (χ1) is 9.75. The molecule has 7 heteroatoms. The lowest BCUT2D eigenvalue weighted by Crippen LogP contribution is -2.26. The molecule has 2 aromatic rings. The van der Waals surface area contributed by atoms with Gasteiger partial charge in [0.15, 0.2) is 0 Å². The predicted octanol–water partition coefficient (Wildman–Crippen LogP) is 0.516. The second-order valence-corrected chi connectivity index (χ2v) is 4.51. The normalized spacial score (nSPS) is 10.4. The highest BCUT2D eigenvalue weighted by Crippen LogP contribution is 2.00. The van der Waals surface area contributed by atoms with Crippen LogP contribution in [0.25, 0.3) is 0 Å². The fourth-order valence-electron chi connectivity index (χ4n) is 1.82. The summed E-state index contributed by atoms with van der Waals surface area (Å²) < 4.78 is 1.62. The molecular formula is C13H18N6O. The Balaban J connectivity index is 1.60. The number of carbonyl (C=O) groups excluding carboxylic acids is 1. The van der Waals surface area contributed by atoms with Crippen LogP contribution in [0.4, 0.5) is 0 Å². The number of aromatic nitrogens is 5. The number of nitrogens with one attached hydrogen (secondary N) is 1. The second-order valence-electron chi connectivity index (χ2n) is 4.51. The van der Waals surface area contributed by atoms with Crippen molar-refractivity contribution in [2.75, 3.05) is 6.54 Å². The molecule has 20 heavy (non-hydrogen) atoms. The lowest BCUT2D eigenvalue weighted by atomic mass is 10.1. The summed E-state index contributed by atoms with van der Waals surface area (Å²) in [5, 5.41) is 14.0. The first-order valence-corrected chi connectivity index (χ1v) is 6.64. The fraction of sp³-hybridized carbons (Fsp3) is 0.462. The van der Waals surface area contributed by atoms with Crippen molar-refractivity contribution in [3.05, 3.63) is 35.9 Å². The molecule has 0 unspecified atom stereocenters. The molecule has 2 aromatic heterocycles. The Kier molecular flexibility index (Phi) is 5.16. The number of amides is 1. The molecule has 2 rings (SSSR count). The second kappa shape index (κ2) is 7.32. The van der Waals surface area contributed by atoms with Gasteiger partial charge in [-0.05, 0) is 47.9 Å². The van der Waals surface area contributed by atoms with Gasteiger partial charge in [-0.1, -0.05) is 0 Å². The van der Waals surface area contributed by atoms with Crippen molar-refractivity contribution in [1.82, 2.24) is 30.5 Å². The van der Waals surface area contributed by atoms with Gasteiger partial charge >= 0.3 is 0 Å². The number of hydrogen-bond acceptors (Lipinski definition) is 5. The molecule has 0 fully saturated rings. The van der Waals surface area contributed by atoms with Crippen molar-refractivity contribution in [2.24, 2.45) is 0 Å². The molecule has 1 N–H and O–H groups in total. The maximum Gasteiger partial charge on any atom is 0.221 e. The molecule has 0 radical (unpaired) electrons. The van der Waals surface area contributed by atoms with Crippen LogP contribution in [0.5, 0.6) is 0 Å². The monoisotopic (exact) mass is 274 g/mol. The van der Waals surface area contributed by atoms with Gasteiger partial charge in [-0.15, -0.1) is 5.10 Å². The zero-order valence-corrected chi connectivity index (χ0v) is 11.5. The van der Waals surface area contributed by atoms with Crippen LogP contribution in [0.2, 0.25) is 0 Å². The zero-order valence-electron chi connectivity index (χ0n) is 11.5. The SMILES string of the molecule is Cc1nnnn1CCC(=O)NCCCc1ccncc1. The van der Waals surface area contributed by atoms with E-state index in [0.717, 1.165) is 18.7 Å². The Hall–Kier alpha value is -2.31. The van der Waals surface area contributed by atoms with E-state index in [-0.39, 0.29) is 5.91 Å². The van der Waals surface area contributed by atoms with Crippen molar-refractivity contribution in [3.8, 4) is 0 Å². The number of carbonyl (C=O) groups is 1. The standard InChI is InChI=1S/C13H18N6O/c1-11-16-17-18-19(11)10-6-13(20)15-7-2-3-12-4-8-14-9-5-12/h4-5,8-9H,2-3,6-7,10H2,1H3,(H,15,20). The van der Waals surface area contributed by atoms with Gasteiger partial charge in [0.25, 0.3) is 0 Å². The molecule has 0 saturated heterocycles. The van der Waals surface area contributed by atoms with E-state index < -0.39 is 0 Å². The van der Waals surface area contributed by atoms with Gasteiger partial charge in [0.05, 0.1) is 6.54 Å². The minimum absolute atomic E-state index is 0.0228. The molecule has 0 aliphatic heterocycles. The third-order valence-corrected chi connectivity index (χ3v) is 2.98. The van der Waals surface area contributed by atoms with Crippen LogP contribution in [0.15, 0.2) is 24.5 Å². The summed E-state index contributed by atoms with van der Waals surface area (Å²) >= 11 is 0. The summed E-state index contributed by atoms with van der Waals surface area (Å²) in [5.74, 6) is 0.741. The van der Waals surface area contributed by atoms with Crippen molar-refractivity contribution >= 4 is 5.91 Å². The number of tetrazole rings is 1. The van der Waals surface area contributed by atoms with Crippen molar-refractivity contribution in [2.45, 2.75) is 32.7 Å². The molecule has 1 amide bonds. The van der Waals surface area contributed by atoms with E-state index in [9.17, 15) is 4.79 Å². The molecule has 0 spiro atoms. The average molecular weight is 274 g/mol. The van der Waals surface area contributed by atoms with Crippen molar-refractivity contribution < 1.29 is 4.79 Å². The maximum absolute atomic E-state index is 11.7. The van der Waals surface area contributed by atoms with Crippen LogP contribution in [0.1, 0.15) is 24.2 Å². The van der Waals surface area contributed by atoms with Crippen LogP contribution in [0, 0.1) is 6.92 Å². The van der Waals surface area contributed by atoms with Gasteiger partial charge in [-0.3, -0.25) is 9.78 Å². The van der Waals surface area contributed by atoms with Crippen LogP contribution in [-0.2, 0) is 17.8 Å². The summed E-state index contributed by atoms with van der Waals surface area (Å²) in [5.41, 5.74) is 1.23. The molecular weight excluding hydrogens is 256 g/mol. The molecule has 106 valence electrons. The molecule has 0 bridgehead atoms. The molecule has 0 aliphatic rings. The Morgan fingerprint density at radius 3 is 2.85 bits per heavy atom. The first kappa shape index (κ1) is 14.1. The maximum atomic E-state index is 11.7. The smallest absolute Gasteiger partial charge is 0.221 e. The highest BCUT2D eigenvalue weighted by molar-refractivity contribution is 5.75. The average Bonchev–Trinajstić information content (AvgIpc) is 2.88. The van der Waals surface area contributed by atoms with Gasteiger partial charge in [0, 0.05) is 25.4 Å². The Morgan fingerprint density at radius 2 is 2.15 bits per heavy atom. The quantitative estimate of drug-likeness (QED) is 0.744. The van der Waals surface area contributed by atoms with Gasteiger partial charge < -0.3 is 5.32 Å². The van der Waals surface area contributed by atoms with Crippen molar-refractivity contribution in [3.63, 3.8) is 0 Å². The van der Waals surface area contributed by atoms with Crippen LogP contribution in [-0.4, -0.2) is 37.6 Å². The highest BCUT2D eigenvalue weighted by Gasteiger charge is 2.04. The zero-order chi connectivity index (χ0) is 14.2. The summed E-state index contributed by atoms with van der Waals surface area (Å²) in [6, 6.07) is 3.98.